The number of amides is 1. The van der Waals surface area contributed by atoms with Crippen LogP contribution in [0.3, 0.4) is 0 Å². The number of hydrogen-bond donors (Lipinski definition) is 2. The van der Waals surface area contributed by atoms with Gasteiger partial charge in [-0.15, -0.1) is 0 Å². The summed E-state index contributed by atoms with van der Waals surface area (Å²) in [4.78, 5) is 15.0. The van der Waals surface area contributed by atoms with Gasteiger partial charge < -0.3 is 9.54 Å². The zero-order chi connectivity index (χ0) is 15.7. The largest absolute Gasteiger partial charge is 0.755 e. The fourth-order valence-electron chi connectivity index (χ4n) is 3.25. The van der Waals surface area contributed by atoms with Gasteiger partial charge in [0, 0.05) is 27.7 Å². The molecule has 1 saturated carbocycles. The molecule has 1 aromatic heterocycles. The highest BCUT2D eigenvalue weighted by Gasteiger charge is 2.22. The molecule has 1 aliphatic carbocycles. The third-order valence-corrected chi connectivity index (χ3v) is 5.22. The number of carbonyl (C=O) groups excluding carboxylic acids is 1. The fourth-order valence-corrected chi connectivity index (χ4v) is 4.27. The minimum Gasteiger partial charge on any atom is -0.755 e. The molecule has 5 nitrogen and oxygen atoms in total. The summed E-state index contributed by atoms with van der Waals surface area (Å²) in [5, 5.41) is 1.10. The van der Waals surface area contributed by atoms with Crippen molar-refractivity contribution in [3.8, 4) is 0 Å². The molecular formula is C15H16BrN2O3S-. The van der Waals surface area contributed by atoms with E-state index in [0.29, 0.717) is 11.5 Å². The Bertz CT molecular complexity index is 738. The molecule has 1 amide bonds. The van der Waals surface area contributed by atoms with Crippen LogP contribution < -0.4 is 4.72 Å². The minimum atomic E-state index is -2.60. The number of aromatic nitrogens is 1. The lowest BCUT2D eigenvalue weighted by Crippen LogP contribution is -2.25. The van der Waals surface area contributed by atoms with Gasteiger partial charge in [0.05, 0.1) is 4.60 Å². The van der Waals surface area contributed by atoms with Crippen molar-refractivity contribution >= 4 is 44.0 Å². The lowest BCUT2D eigenvalue weighted by molar-refractivity contribution is 0.0981. The van der Waals surface area contributed by atoms with Crippen LogP contribution in [-0.4, -0.2) is 19.7 Å². The molecule has 0 aliphatic heterocycles. The summed E-state index contributed by atoms with van der Waals surface area (Å²) in [7, 11) is 0. The monoisotopic (exact) mass is 383 g/mol. The molecule has 2 aromatic rings. The molecule has 1 unspecified atom stereocenters. The summed E-state index contributed by atoms with van der Waals surface area (Å²) in [5.74, 6) is -0.0918. The SMILES string of the molecule is O=C(NS(=O)[O-])c1ccc2c(C3CCCCC3)c(Br)[nH]c2c1. The summed E-state index contributed by atoms with van der Waals surface area (Å²) < 4.78 is 23.9. The number of hydrogen-bond acceptors (Lipinski definition) is 3. The van der Waals surface area contributed by atoms with E-state index < -0.39 is 17.2 Å². The first-order chi connectivity index (χ1) is 10.6. The Kier molecular flexibility index (Phi) is 4.65. The first-order valence-corrected chi connectivity index (χ1v) is 9.14. The quantitative estimate of drug-likeness (QED) is 0.795. The summed E-state index contributed by atoms with van der Waals surface area (Å²) in [6.07, 6.45) is 6.16. The molecular weight excluding hydrogens is 368 g/mol. The van der Waals surface area contributed by atoms with E-state index >= 15 is 0 Å². The average molecular weight is 384 g/mol. The second-order valence-electron chi connectivity index (χ2n) is 5.61. The van der Waals surface area contributed by atoms with Crippen molar-refractivity contribution < 1.29 is 13.6 Å². The Morgan fingerprint density at radius 1 is 1.32 bits per heavy atom. The zero-order valence-corrected chi connectivity index (χ0v) is 14.3. The first-order valence-electron chi connectivity index (χ1n) is 7.27. The molecule has 1 atom stereocenters. The third kappa shape index (κ3) is 3.11. The van der Waals surface area contributed by atoms with Crippen molar-refractivity contribution in [3.63, 3.8) is 0 Å². The van der Waals surface area contributed by atoms with Crippen LogP contribution in [0.1, 0.15) is 53.9 Å². The van der Waals surface area contributed by atoms with E-state index in [9.17, 15) is 13.6 Å². The Labute approximate surface area is 139 Å². The number of carbonyl (C=O) groups is 1. The molecule has 118 valence electrons. The van der Waals surface area contributed by atoms with Crippen LogP contribution in [0.2, 0.25) is 0 Å². The normalized spacial score (nSPS) is 17.5. The van der Waals surface area contributed by atoms with E-state index in [1.807, 2.05) is 10.8 Å². The highest BCUT2D eigenvalue weighted by Crippen LogP contribution is 2.40. The summed E-state index contributed by atoms with van der Waals surface area (Å²) in [6.45, 7) is 0. The van der Waals surface area contributed by atoms with Gasteiger partial charge in [0.1, 0.15) is 0 Å². The van der Waals surface area contributed by atoms with Gasteiger partial charge in [-0.2, -0.15) is 0 Å². The van der Waals surface area contributed by atoms with Gasteiger partial charge in [0.2, 0.25) is 0 Å². The molecule has 3 rings (SSSR count). The molecule has 0 saturated heterocycles. The van der Waals surface area contributed by atoms with Crippen LogP contribution in [0, 0.1) is 0 Å². The summed E-state index contributed by atoms with van der Waals surface area (Å²) in [5.41, 5.74) is 2.44. The molecule has 1 aliphatic rings. The lowest BCUT2D eigenvalue weighted by atomic mass is 9.84. The summed E-state index contributed by atoms with van der Waals surface area (Å²) >= 11 is 0.990. The molecule has 2 N–H and O–H groups in total. The maximum atomic E-state index is 11.8. The van der Waals surface area contributed by atoms with Gasteiger partial charge in [-0.3, -0.25) is 13.7 Å². The first kappa shape index (κ1) is 15.7. The van der Waals surface area contributed by atoms with Gasteiger partial charge in [0.25, 0.3) is 5.91 Å². The van der Waals surface area contributed by atoms with Crippen molar-refractivity contribution in [1.82, 2.24) is 9.71 Å². The van der Waals surface area contributed by atoms with Crippen LogP contribution in [0.4, 0.5) is 0 Å². The van der Waals surface area contributed by atoms with E-state index in [4.69, 9.17) is 0 Å². The highest BCUT2D eigenvalue weighted by molar-refractivity contribution is 9.10. The van der Waals surface area contributed by atoms with Crippen LogP contribution in [0.5, 0.6) is 0 Å². The molecule has 0 bridgehead atoms. The van der Waals surface area contributed by atoms with Crippen LogP contribution >= 0.6 is 15.9 Å². The number of fused-ring (bicyclic) bond motifs is 1. The topological polar surface area (TPSA) is 85.0 Å². The molecule has 22 heavy (non-hydrogen) atoms. The van der Waals surface area contributed by atoms with Crippen molar-refractivity contribution in [2.24, 2.45) is 0 Å². The third-order valence-electron chi connectivity index (χ3n) is 4.24. The van der Waals surface area contributed by atoms with Crippen LogP contribution in [0.15, 0.2) is 22.8 Å². The second-order valence-corrected chi connectivity index (χ2v) is 7.08. The minimum absolute atomic E-state index is 0.320. The summed E-state index contributed by atoms with van der Waals surface area (Å²) in [6, 6.07) is 5.24. The maximum Gasteiger partial charge on any atom is 0.262 e. The second kappa shape index (κ2) is 6.52. The molecule has 1 heterocycles. The Hall–Kier alpha value is -1.18. The zero-order valence-electron chi connectivity index (χ0n) is 11.9. The van der Waals surface area contributed by atoms with E-state index in [1.165, 1.54) is 37.7 Å². The number of rotatable bonds is 3. The van der Waals surface area contributed by atoms with E-state index in [2.05, 4.69) is 20.9 Å². The van der Waals surface area contributed by atoms with Crippen molar-refractivity contribution in [2.45, 2.75) is 38.0 Å². The van der Waals surface area contributed by atoms with Crippen molar-refractivity contribution in [3.05, 3.63) is 33.9 Å². The van der Waals surface area contributed by atoms with Crippen molar-refractivity contribution in [2.75, 3.05) is 0 Å². The predicted molar refractivity (Wildman–Crippen MR) is 88.2 cm³/mol. The number of halogens is 1. The number of H-pyrrole nitrogens is 1. The van der Waals surface area contributed by atoms with Crippen LogP contribution in [0.25, 0.3) is 10.9 Å². The van der Waals surface area contributed by atoms with Crippen molar-refractivity contribution in [1.29, 1.82) is 0 Å². The Morgan fingerprint density at radius 2 is 2.05 bits per heavy atom. The Balaban J connectivity index is 1.97. The number of aromatic amines is 1. The predicted octanol–water partition coefficient (Wildman–Crippen LogP) is 3.50. The number of nitrogens with one attached hydrogen (secondary N) is 2. The van der Waals surface area contributed by atoms with E-state index in [0.717, 1.165) is 15.5 Å². The lowest BCUT2D eigenvalue weighted by Gasteiger charge is -2.21. The average Bonchev–Trinajstić information content (AvgIpc) is 2.82. The molecule has 7 heteroatoms. The number of benzene rings is 1. The molecule has 0 radical (unpaired) electrons. The highest BCUT2D eigenvalue weighted by atomic mass is 79.9. The molecule has 0 spiro atoms. The van der Waals surface area contributed by atoms with E-state index in [1.54, 1.807) is 12.1 Å². The van der Waals surface area contributed by atoms with E-state index in [-0.39, 0.29) is 0 Å². The standard InChI is InChI=1S/C15H17BrN2O3S/c16-14-13(9-4-2-1-3-5-9)11-7-6-10(8-12(11)17-14)15(19)18-22(20)21/h6-9,17H,1-5H2,(H,18,19)(H,20,21)/p-1. The maximum absolute atomic E-state index is 11.8. The fraction of sp³-hybridized carbons (Fsp3) is 0.400. The molecule has 1 fully saturated rings. The Morgan fingerprint density at radius 3 is 2.73 bits per heavy atom. The molecule has 1 aromatic carbocycles. The smallest absolute Gasteiger partial charge is 0.262 e. The van der Waals surface area contributed by atoms with Gasteiger partial charge >= 0.3 is 0 Å². The van der Waals surface area contributed by atoms with Crippen LogP contribution in [-0.2, 0) is 11.3 Å². The van der Waals surface area contributed by atoms with Gasteiger partial charge in [-0.25, -0.2) is 0 Å². The van der Waals surface area contributed by atoms with Gasteiger partial charge in [-0.05, 0) is 52.4 Å². The van der Waals surface area contributed by atoms with Gasteiger partial charge in [-0.1, -0.05) is 25.3 Å². The van der Waals surface area contributed by atoms with Gasteiger partial charge in [0.15, 0.2) is 0 Å².